The summed E-state index contributed by atoms with van der Waals surface area (Å²) < 4.78 is 0. The summed E-state index contributed by atoms with van der Waals surface area (Å²) in [6.45, 7) is 4.26. The Labute approximate surface area is 126 Å². The molecule has 1 nitrogen and oxygen atoms in total. The standard InChI is InChI=1S/C16H23Cl2N/c1-2-19-11-13(12-6-3-4-7-12)10-14-15(17)8-5-9-16(14)18/h5,8-9,12-13,19H,2-4,6-7,10-11H2,1H3. The zero-order valence-corrected chi connectivity index (χ0v) is 13.1. The van der Waals surface area contributed by atoms with E-state index in [-0.39, 0.29) is 0 Å². The van der Waals surface area contributed by atoms with Crippen molar-refractivity contribution >= 4 is 23.2 Å². The molecule has 3 heteroatoms. The maximum absolute atomic E-state index is 6.31. The third kappa shape index (κ3) is 4.11. The van der Waals surface area contributed by atoms with Gasteiger partial charge in [-0.25, -0.2) is 0 Å². The molecule has 0 bridgehead atoms. The summed E-state index contributed by atoms with van der Waals surface area (Å²) >= 11 is 12.6. The van der Waals surface area contributed by atoms with E-state index in [9.17, 15) is 0 Å². The molecule has 1 aliphatic rings. The van der Waals surface area contributed by atoms with Gasteiger partial charge in [0.15, 0.2) is 0 Å². The first-order valence-corrected chi connectivity index (χ1v) is 8.11. The highest BCUT2D eigenvalue weighted by Crippen LogP contribution is 2.35. The molecule has 1 fully saturated rings. The van der Waals surface area contributed by atoms with Gasteiger partial charge in [0.2, 0.25) is 0 Å². The molecule has 0 amide bonds. The van der Waals surface area contributed by atoms with Gasteiger partial charge in [0.25, 0.3) is 0 Å². The summed E-state index contributed by atoms with van der Waals surface area (Å²) in [5.74, 6) is 1.48. The average Bonchev–Trinajstić information content (AvgIpc) is 2.91. The molecule has 0 heterocycles. The molecule has 1 unspecified atom stereocenters. The first-order chi connectivity index (χ1) is 9.22. The van der Waals surface area contributed by atoms with Crippen LogP contribution in [0.5, 0.6) is 0 Å². The molecule has 0 saturated heterocycles. The molecule has 1 aromatic carbocycles. The quantitative estimate of drug-likeness (QED) is 0.783. The normalized spacial score (nSPS) is 17.8. The second kappa shape index (κ2) is 7.52. The highest BCUT2D eigenvalue weighted by Gasteiger charge is 2.26. The molecule has 1 saturated carbocycles. The monoisotopic (exact) mass is 299 g/mol. The lowest BCUT2D eigenvalue weighted by Gasteiger charge is -2.24. The van der Waals surface area contributed by atoms with Gasteiger partial charge in [0.1, 0.15) is 0 Å². The van der Waals surface area contributed by atoms with Crippen LogP contribution in [0.25, 0.3) is 0 Å². The number of rotatable bonds is 6. The van der Waals surface area contributed by atoms with Gasteiger partial charge < -0.3 is 5.32 Å². The fourth-order valence-electron chi connectivity index (χ4n) is 3.15. The van der Waals surface area contributed by atoms with E-state index in [2.05, 4.69) is 12.2 Å². The summed E-state index contributed by atoms with van der Waals surface area (Å²) in [6, 6.07) is 5.81. The van der Waals surface area contributed by atoms with E-state index < -0.39 is 0 Å². The predicted molar refractivity (Wildman–Crippen MR) is 84.2 cm³/mol. The highest BCUT2D eigenvalue weighted by atomic mass is 35.5. The van der Waals surface area contributed by atoms with E-state index in [1.807, 2.05) is 18.2 Å². The number of benzene rings is 1. The van der Waals surface area contributed by atoms with Crippen molar-refractivity contribution in [3.05, 3.63) is 33.8 Å². The number of hydrogen-bond donors (Lipinski definition) is 1. The van der Waals surface area contributed by atoms with Gasteiger partial charge in [-0.2, -0.15) is 0 Å². The predicted octanol–water partition coefficient (Wildman–Crippen LogP) is 4.95. The Balaban J connectivity index is 2.10. The molecule has 0 aliphatic heterocycles. The Morgan fingerprint density at radius 3 is 2.42 bits per heavy atom. The number of hydrogen-bond acceptors (Lipinski definition) is 1. The van der Waals surface area contributed by atoms with Crippen molar-refractivity contribution in [2.75, 3.05) is 13.1 Å². The van der Waals surface area contributed by atoms with Crippen molar-refractivity contribution in [3.63, 3.8) is 0 Å². The third-order valence-electron chi connectivity index (χ3n) is 4.25. The molecule has 0 radical (unpaired) electrons. The van der Waals surface area contributed by atoms with Crippen LogP contribution in [-0.4, -0.2) is 13.1 Å². The molecule has 1 N–H and O–H groups in total. The second-order valence-electron chi connectivity index (χ2n) is 5.52. The summed E-state index contributed by atoms with van der Waals surface area (Å²) in [7, 11) is 0. The molecular weight excluding hydrogens is 277 g/mol. The fourth-order valence-corrected chi connectivity index (χ4v) is 3.71. The van der Waals surface area contributed by atoms with Crippen LogP contribution in [0.15, 0.2) is 18.2 Å². The van der Waals surface area contributed by atoms with Gasteiger partial charge >= 0.3 is 0 Å². The lowest BCUT2D eigenvalue weighted by molar-refractivity contribution is 0.323. The maximum atomic E-state index is 6.31. The largest absolute Gasteiger partial charge is 0.317 e. The molecule has 2 rings (SSSR count). The molecule has 19 heavy (non-hydrogen) atoms. The number of halogens is 2. The number of nitrogens with one attached hydrogen (secondary N) is 1. The summed E-state index contributed by atoms with van der Waals surface area (Å²) in [6.07, 6.45) is 6.47. The first-order valence-electron chi connectivity index (χ1n) is 7.36. The van der Waals surface area contributed by atoms with Crippen molar-refractivity contribution in [2.24, 2.45) is 11.8 Å². The Morgan fingerprint density at radius 2 is 1.84 bits per heavy atom. The van der Waals surface area contributed by atoms with Gasteiger partial charge in [0, 0.05) is 10.0 Å². The average molecular weight is 300 g/mol. The Kier molecular flexibility index (Phi) is 6.00. The second-order valence-corrected chi connectivity index (χ2v) is 6.33. The van der Waals surface area contributed by atoms with Crippen LogP contribution < -0.4 is 5.32 Å². The van der Waals surface area contributed by atoms with E-state index in [1.54, 1.807) is 0 Å². The van der Waals surface area contributed by atoms with Crippen molar-refractivity contribution in [1.82, 2.24) is 5.32 Å². The third-order valence-corrected chi connectivity index (χ3v) is 4.96. The van der Waals surface area contributed by atoms with E-state index >= 15 is 0 Å². The van der Waals surface area contributed by atoms with Crippen molar-refractivity contribution in [3.8, 4) is 0 Å². The summed E-state index contributed by atoms with van der Waals surface area (Å²) in [5.41, 5.74) is 1.13. The molecule has 1 atom stereocenters. The lowest BCUT2D eigenvalue weighted by Crippen LogP contribution is -2.29. The zero-order valence-electron chi connectivity index (χ0n) is 11.6. The van der Waals surface area contributed by atoms with Gasteiger partial charge in [-0.05, 0) is 49.0 Å². The topological polar surface area (TPSA) is 12.0 Å². The molecule has 0 aromatic heterocycles. The van der Waals surface area contributed by atoms with E-state index in [1.165, 1.54) is 25.7 Å². The zero-order chi connectivity index (χ0) is 13.7. The Bertz CT molecular complexity index is 379. The molecule has 1 aromatic rings. The van der Waals surface area contributed by atoms with Crippen LogP contribution in [-0.2, 0) is 6.42 Å². The van der Waals surface area contributed by atoms with Gasteiger partial charge in [0.05, 0.1) is 0 Å². The lowest BCUT2D eigenvalue weighted by atomic mass is 9.85. The van der Waals surface area contributed by atoms with Crippen molar-refractivity contribution in [2.45, 2.75) is 39.0 Å². The fraction of sp³-hybridized carbons (Fsp3) is 0.625. The summed E-state index contributed by atoms with van der Waals surface area (Å²) in [4.78, 5) is 0. The molecule has 1 aliphatic carbocycles. The SMILES string of the molecule is CCNCC(Cc1c(Cl)cccc1Cl)C1CCCC1. The van der Waals surface area contributed by atoms with Crippen LogP contribution in [0.4, 0.5) is 0 Å². The molecule has 0 spiro atoms. The minimum absolute atomic E-state index is 0.653. The van der Waals surface area contributed by atoms with Crippen LogP contribution in [0, 0.1) is 11.8 Å². The minimum Gasteiger partial charge on any atom is -0.317 e. The van der Waals surface area contributed by atoms with Gasteiger partial charge in [-0.15, -0.1) is 0 Å². The van der Waals surface area contributed by atoms with Crippen LogP contribution in [0.1, 0.15) is 38.2 Å². The van der Waals surface area contributed by atoms with Gasteiger partial charge in [-0.1, -0.05) is 61.9 Å². The Hall–Kier alpha value is -0.240. The van der Waals surface area contributed by atoms with E-state index in [0.717, 1.165) is 41.0 Å². The van der Waals surface area contributed by atoms with E-state index in [0.29, 0.717) is 5.92 Å². The maximum Gasteiger partial charge on any atom is 0.0452 e. The van der Waals surface area contributed by atoms with Crippen molar-refractivity contribution < 1.29 is 0 Å². The van der Waals surface area contributed by atoms with Crippen LogP contribution in [0.2, 0.25) is 10.0 Å². The van der Waals surface area contributed by atoms with Crippen LogP contribution >= 0.6 is 23.2 Å². The minimum atomic E-state index is 0.653. The van der Waals surface area contributed by atoms with E-state index in [4.69, 9.17) is 23.2 Å². The van der Waals surface area contributed by atoms with Gasteiger partial charge in [-0.3, -0.25) is 0 Å². The van der Waals surface area contributed by atoms with Crippen LogP contribution in [0.3, 0.4) is 0 Å². The smallest absolute Gasteiger partial charge is 0.0452 e. The summed E-state index contributed by atoms with van der Waals surface area (Å²) in [5, 5.41) is 5.12. The molecule has 106 valence electrons. The Morgan fingerprint density at radius 1 is 1.21 bits per heavy atom. The molecular formula is C16H23Cl2N. The highest BCUT2D eigenvalue weighted by molar-refractivity contribution is 6.35. The first kappa shape index (κ1) is 15.2. The van der Waals surface area contributed by atoms with Crippen molar-refractivity contribution in [1.29, 1.82) is 0 Å².